The van der Waals surface area contributed by atoms with Crippen molar-refractivity contribution in [3.8, 4) is 10.7 Å². The molecule has 0 radical (unpaired) electrons. The summed E-state index contributed by atoms with van der Waals surface area (Å²) in [6, 6.07) is 4.17. The minimum atomic E-state index is -0.194. The standard InChI is InChI=1S/C17H21N3O3S/c1-22-17(21)13-9-11-5-2-3-6-12(11)20(13)10-15-18-16(19-23-15)14-7-4-8-24-14/h4,7-8,11-13H,2-3,5-6,9-10H2,1H3/t11-,12-,13-/m0/s1. The van der Waals surface area contributed by atoms with Crippen molar-refractivity contribution in [2.75, 3.05) is 7.11 Å². The van der Waals surface area contributed by atoms with Gasteiger partial charge in [0.2, 0.25) is 11.7 Å². The van der Waals surface area contributed by atoms with Crippen LogP contribution in [0.25, 0.3) is 10.7 Å². The van der Waals surface area contributed by atoms with Crippen LogP contribution in [-0.2, 0) is 16.1 Å². The highest BCUT2D eigenvalue weighted by Gasteiger charge is 2.46. The SMILES string of the molecule is COC(=O)[C@@H]1C[C@@H]2CCCC[C@@H]2N1Cc1nc(-c2cccs2)no1. The molecule has 1 aliphatic heterocycles. The summed E-state index contributed by atoms with van der Waals surface area (Å²) in [5, 5.41) is 6.07. The minimum Gasteiger partial charge on any atom is -0.468 e. The van der Waals surface area contributed by atoms with E-state index in [1.807, 2.05) is 17.5 Å². The predicted molar refractivity (Wildman–Crippen MR) is 89.3 cm³/mol. The summed E-state index contributed by atoms with van der Waals surface area (Å²) in [7, 11) is 1.46. The average molecular weight is 347 g/mol. The molecule has 3 atom stereocenters. The van der Waals surface area contributed by atoms with Crippen LogP contribution in [0.1, 0.15) is 38.0 Å². The van der Waals surface area contributed by atoms with E-state index in [0.29, 0.717) is 30.2 Å². The monoisotopic (exact) mass is 347 g/mol. The minimum absolute atomic E-state index is 0.151. The van der Waals surface area contributed by atoms with E-state index in [4.69, 9.17) is 9.26 Å². The summed E-state index contributed by atoms with van der Waals surface area (Å²) in [5.74, 6) is 1.61. The molecule has 1 aliphatic carbocycles. The van der Waals surface area contributed by atoms with Crippen molar-refractivity contribution in [2.24, 2.45) is 5.92 Å². The number of carbonyl (C=O) groups is 1. The zero-order valence-electron chi connectivity index (χ0n) is 13.7. The molecule has 1 saturated heterocycles. The van der Waals surface area contributed by atoms with Gasteiger partial charge in [-0.25, -0.2) is 0 Å². The third-order valence-electron chi connectivity index (χ3n) is 5.22. The van der Waals surface area contributed by atoms with Gasteiger partial charge in [0.1, 0.15) is 6.04 Å². The number of likely N-dealkylation sites (tertiary alicyclic amines) is 1. The van der Waals surface area contributed by atoms with Crippen LogP contribution in [0.5, 0.6) is 0 Å². The van der Waals surface area contributed by atoms with Crippen LogP contribution in [0, 0.1) is 5.92 Å². The third kappa shape index (κ3) is 2.86. The molecule has 0 aromatic carbocycles. The first-order chi connectivity index (χ1) is 11.8. The molecule has 0 bridgehead atoms. The number of esters is 1. The summed E-state index contributed by atoms with van der Waals surface area (Å²) < 4.78 is 10.5. The fourth-order valence-corrected chi connectivity index (χ4v) is 4.78. The van der Waals surface area contributed by atoms with Crippen molar-refractivity contribution in [3.05, 3.63) is 23.4 Å². The van der Waals surface area contributed by atoms with Gasteiger partial charge in [-0.05, 0) is 36.6 Å². The Labute approximate surface area is 144 Å². The second kappa shape index (κ2) is 6.64. The van der Waals surface area contributed by atoms with Crippen LogP contribution in [-0.4, -0.2) is 40.2 Å². The second-order valence-electron chi connectivity index (χ2n) is 6.55. The number of fused-ring (bicyclic) bond motifs is 1. The van der Waals surface area contributed by atoms with Crippen molar-refractivity contribution in [2.45, 2.75) is 50.7 Å². The second-order valence-corrected chi connectivity index (χ2v) is 7.50. The Morgan fingerprint density at radius 1 is 1.46 bits per heavy atom. The highest BCUT2D eigenvalue weighted by Crippen LogP contribution is 2.40. The van der Waals surface area contributed by atoms with Gasteiger partial charge in [0.05, 0.1) is 18.5 Å². The van der Waals surface area contributed by atoms with Crippen molar-refractivity contribution in [3.63, 3.8) is 0 Å². The lowest BCUT2D eigenvalue weighted by Crippen LogP contribution is -2.42. The molecule has 2 aromatic heterocycles. The van der Waals surface area contributed by atoms with Crippen LogP contribution >= 0.6 is 11.3 Å². The fraction of sp³-hybridized carbons (Fsp3) is 0.588. The molecule has 2 aromatic rings. The van der Waals surface area contributed by atoms with E-state index < -0.39 is 0 Å². The maximum absolute atomic E-state index is 12.2. The molecular formula is C17H21N3O3S. The van der Waals surface area contributed by atoms with Gasteiger partial charge in [-0.1, -0.05) is 24.1 Å². The Morgan fingerprint density at radius 2 is 2.33 bits per heavy atom. The average Bonchev–Trinajstić information content (AvgIpc) is 3.34. The van der Waals surface area contributed by atoms with E-state index in [0.717, 1.165) is 17.7 Å². The number of nitrogens with zero attached hydrogens (tertiary/aromatic N) is 3. The number of carbonyl (C=O) groups excluding carboxylic acids is 1. The van der Waals surface area contributed by atoms with Crippen LogP contribution in [0.15, 0.2) is 22.0 Å². The van der Waals surface area contributed by atoms with Crippen LogP contribution in [0.4, 0.5) is 0 Å². The Morgan fingerprint density at radius 3 is 3.12 bits per heavy atom. The fourth-order valence-electron chi connectivity index (χ4n) is 4.13. The molecule has 0 N–H and O–H groups in total. The molecule has 2 fully saturated rings. The maximum Gasteiger partial charge on any atom is 0.323 e. The van der Waals surface area contributed by atoms with Crippen molar-refractivity contribution >= 4 is 17.3 Å². The largest absolute Gasteiger partial charge is 0.468 e. The van der Waals surface area contributed by atoms with Gasteiger partial charge in [0.15, 0.2) is 0 Å². The van der Waals surface area contributed by atoms with Gasteiger partial charge < -0.3 is 9.26 Å². The highest BCUT2D eigenvalue weighted by atomic mass is 32.1. The molecule has 24 heavy (non-hydrogen) atoms. The van der Waals surface area contributed by atoms with Gasteiger partial charge in [-0.3, -0.25) is 9.69 Å². The molecule has 7 heteroatoms. The Bertz CT molecular complexity index is 700. The van der Waals surface area contributed by atoms with Crippen molar-refractivity contribution < 1.29 is 14.1 Å². The molecule has 4 rings (SSSR count). The first-order valence-electron chi connectivity index (χ1n) is 8.46. The molecule has 1 saturated carbocycles. The normalized spacial score (nSPS) is 27.1. The number of ether oxygens (including phenoxy) is 1. The molecule has 2 aliphatic rings. The number of hydrogen-bond acceptors (Lipinski definition) is 7. The van der Waals surface area contributed by atoms with Crippen molar-refractivity contribution in [1.82, 2.24) is 15.0 Å². The lowest BCUT2D eigenvalue weighted by atomic mass is 9.85. The highest BCUT2D eigenvalue weighted by molar-refractivity contribution is 7.13. The van der Waals surface area contributed by atoms with Crippen LogP contribution in [0.2, 0.25) is 0 Å². The molecule has 0 unspecified atom stereocenters. The number of methoxy groups -OCH3 is 1. The Balaban J connectivity index is 1.55. The molecule has 3 heterocycles. The summed E-state index contributed by atoms with van der Waals surface area (Å²) in [4.78, 5) is 19.9. The third-order valence-corrected chi connectivity index (χ3v) is 6.09. The summed E-state index contributed by atoms with van der Waals surface area (Å²) in [6.07, 6.45) is 5.67. The zero-order valence-corrected chi connectivity index (χ0v) is 14.5. The van der Waals surface area contributed by atoms with Crippen LogP contribution in [0.3, 0.4) is 0 Å². The lowest BCUT2D eigenvalue weighted by molar-refractivity contribution is -0.146. The maximum atomic E-state index is 12.2. The van der Waals surface area contributed by atoms with Crippen LogP contribution < -0.4 is 0 Å². The summed E-state index contributed by atoms with van der Waals surface area (Å²) in [5.41, 5.74) is 0. The van der Waals surface area contributed by atoms with Gasteiger partial charge in [0, 0.05) is 6.04 Å². The van der Waals surface area contributed by atoms with Gasteiger partial charge >= 0.3 is 5.97 Å². The first-order valence-corrected chi connectivity index (χ1v) is 9.34. The molecular weight excluding hydrogens is 326 g/mol. The summed E-state index contributed by atoms with van der Waals surface area (Å²) in [6.45, 7) is 0.513. The Kier molecular flexibility index (Phi) is 4.37. The van der Waals surface area contributed by atoms with Gasteiger partial charge in [-0.2, -0.15) is 4.98 Å². The van der Waals surface area contributed by atoms with E-state index in [2.05, 4.69) is 15.0 Å². The molecule has 0 amide bonds. The smallest absolute Gasteiger partial charge is 0.323 e. The van der Waals surface area contributed by atoms with E-state index in [-0.39, 0.29) is 12.0 Å². The van der Waals surface area contributed by atoms with E-state index in [9.17, 15) is 4.79 Å². The molecule has 0 spiro atoms. The lowest BCUT2D eigenvalue weighted by Gasteiger charge is -2.32. The Hall–Kier alpha value is -1.73. The summed E-state index contributed by atoms with van der Waals surface area (Å²) >= 11 is 1.59. The van der Waals surface area contributed by atoms with Crippen molar-refractivity contribution in [1.29, 1.82) is 0 Å². The quantitative estimate of drug-likeness (QED) is 0.792. The zero-order chi connectivity index (χ0) is 16.5. The van der Waals surface area contributed by atoms with Gasteiger partial charge in [0.25, 0.3) is 0 Å². The van der Waals surface area contributed by atoms with E-state index in [1.54, 1.807) is 11.3 Å². The number of hydrogen-bond donors (Lipinski definition) is 0. The van der Waals surface area contributed by atoms with E-state index in [1.165, 1.54) is 26.4 Å². The first kappa shape index (κ1) is 15.8. The molecule has 128 valence electrons. The number of rotatable bonds is 4. The topological polar surface area (TPSA) is 68.5 Å². The molecule has 6 nitrogen and oxygen atoms in total. The predicted octanol–water partition coefficient (Wildman–Crippen LogP) is 3.10. The number of aromatic nitrogens is 2. The number of thiophene rings is 1. The van der Waals surface area contributed by atoms with E-state index >= 15 is 0 Å². The van der Waals surface area contributed by atoms with Gasteiger partial charge in [-0.15, -0.1) is 11.3 Å².